The van der Waals surface area contributed by atoms with Gasteiger partial charge in [0.25, 0.3) is 5.91 Å². The van der Waals surface area contributed by atoms with E-state index in [1.165, 1.54) is 0 Å². The quantitative estimate of drug-likeness (QED) is 0.607. The number of carbonyl (C=O) groups is 1. The molecule has 4 rings (SSSR count). The smallest absolute Gasteiger partial charge is 0.272 e. The highest BCUT2D eigenvalue weighted by molar-refractivity contribution is 5.94. The van der Waals surface area contributed by atoms with Gasteiger partial charge in [-0.25, -0.2) is 0 Å². The van der Waals surface area contributed by atoms with E-state index in [4.69, 9.17) is 14.2 Å². The van der Waals surface area contributed by atoms with Crippen molar-refractivity contribution in [2.75, 3.05) is 27.3 Å². The van der Waals surface area contributed by atoms with Gasteiger partial charge in [-0.1, -0.05) is 0 Å². The van der Waals surface area contributed by atoms with Crippen molar-refractivity contribution < 1.29 is 19.0 Å². The first-order chi connectivity index (χ1) is 15.1. The molecule has 0 spiro atoms. The number of likely N-dealkylation sites (tertiary alicyclic amines) is 1. The second-order valence-corrected chi connectivity index (χ2v) is 7.42. The highest BCUT2D eigenvalue weighted by Gasteiger charge is 2.28. The second-order valence-electron chi connectivity index (χ2n) is 7.42. The topological polar surface area (TPSA) is 78.7 Å². The van der Waals surface area contributed by atoms with Gasteiger partial charge >= 0.3 is 0 Å². The first-order valence-corrected chi connectivity index (χ1v) is 10.2. The summed E-state index contributed by atoms with van der Waals surface area (Å²) in [5.41, 5.74) is 1.95. The monoisotopic (exact) mass is 422 g/mol. The summed E-state index contributed by atoms with van der Waals surface area (Å²) < 4.78 is 18.5. The van der Waals surface area contributed by atoms with Crippen LogP contribution in [0.2, 0.25) is 0 Å². The van der Waals surface area contributed by atoms with E-state index in [-0.39, 0.29) is 12.0 Å². The number of carbonyl (C=O) groups excluding carboxylic acids is 1. The van der Waals surface area contributed by atoms with Crippen LogP contribution >= 0.6 is 0 Å². The molecular weight excluding hydrogens is 396 g/mol. The molecule has 3 aromatic rings. The fourth-order valence-corrected chi connectivity index (χ4v) is 3.80. The second kappa shape index (κ2) is 9.07. The zero-order valence-electron chi connectivity index (χ0n) is 17.9. The van der Waals surface area contributed by atoms with Crippen molar-refractivity contribution in [3.8, 4) is 28.5 Å². The molecule has 2 aromatic heterocycles. The van der Waals surface area contributed by atoms with Gasteiger partial charge < -0.3 is 19.1 Å². The van der Waals surface area contributed by atoms with Crippen molar-refractivity contribution in [2.24, 2.45) is 7.05 Å². The van der Waals surface area contributed by atoms with Crippen LogP contribution in [0.15, 0.2) is 48.8 Å². The molecule has 162 valence electrons. The van der Waals surface area contributed by atoms with Crippen LogP contribution in [0, 0.1) is 0 Å². The van der Waals surface area contributed by atoms with Crippen LogP contribution in [-0.4, -0.2) is 59.0 Å². The lowest BCUT2D eigenvalue weighted by molar-refractivity contribution is 0.0528. The minimum absolute atomic E-state index is 0.0497. The molecule has 0 bridgehead atoms. The molecule has 31 heavy (non-hydrogen) atoms. The molecule has 0 radical (unpaired) electrons. The van der Waals surface area contributed by atoms with Crippen molar-refractivity contribution in [3.05, 3.63) is 54.5 Å². The minimum Gasteiger partial charge on any atom is -0.497 e. The van der Waals surface area contributed by atoms with Crippen molar-refractivity contribution in [1.82, 2.24) is 19.7 Å². The number of hydrogen-bond donors (Lipinski definition) is 0. The Morgan fingerprint density at radius 2 is 1.87 bits per heavy atom. The van der Waals surface area contributed by atoms with Gasteiger partial charge in [-0.3, -0.25) is 14.5 Å². The zero-order chi connectivity index (χ0) is 21.8. The van der Waals surface area contributed by atoms with Gasteiger partial charge in [0, 0.05) is 31.5 Å². The number of methoxy groups -OCH3 is 2. The summed E-state index contributed by atoms with van der Waals surface area (Å²) in [6.45, 7) is 1.22. The number of amides is 1. The van der Waals surface area contributed by atoms with Gasteiger partial charge in [0.05, 0.1) is 26.5 Å². The average Bonchev–Trinajstić information content (AvgIpc) is 3.20. The fraction of sp³-hybridized carbons (Fsp3) is 0.348. The van der Waals surface area contributed by atoms with Crippen molar-refractivity contribution in [2.45, 2.75) is 18.9 Å². The maximum atomic E-state index is 13.3. The summed E-state index contributed by atoms with van der Waals surface area (Å²) in [5.74, 6) is 2.07. The van der Waals surface area contributed by atoms with Crippen LogP contribution < -0.4 is 14.2 Å². The minimum atomic E-state index is -0.0638. The third-order valence-corrected chi connectivity index (χ3v) is 5.40. The van der Waals surface area contributed by atoms with Gasteiger partial charge in [0.2, 0.25) is 0 Å². The Labute approximate surface area is 181 Å². The largest absolute Gasteiger partial charge is 0.497 e. The summed E-state index contributed by atoms with van der Waals surface area (Å²) in [5, 5.41) is 4.56. The SMILES string of the molecule is COc1ccc(OC)c(-c2cc(C(=O)N3CCCC(Oc4ccncc4)C3)n(C)n2)c1. The molecule has 0 N–H and O–H groups in total. The number of benzene rings is 1. The zero-order valence-corrected chi connectivity index (χ0v) is 17.9. The van der Waals surface area contributed by atoms with Crippen LogP contribution in [0.3, 0.4) is 0 Å². The molecule has 3 heterocycles. The number of hydrogen-bond acceptors (Lipinski definition) is 6. The molecule has 1 atom stereocenters. The van der Waals surface area contributed by atoms with Crippen molar-refractivity contribution in [1.29, 1.82) is 0 Å². The molecule has 1 aliphatic rings. The van der Waals surface area contributed by atoms with Crippen LogP contribution in [0.5, 0.6) is 17.2 Å². The number of aromatic nitrogens is 3. The molecule has 1 fully saturated rings. The van der Waals surface area contributed by atoms with E-state index in [9.17, 15) is 4.79 Å². The third-order valence-electron chi connectivity index (χ3n) is 5.40. The number of pyridine rings is 1. The van der Waals surface area contributed by atoms with Crippen molar-refractivity contribution in [3.63, 3.8) is 0 Å². The van der Waals surface area contributed by atoms with E-state index in [0.29, 0.717) is 36.0 Å². The molecule has 1 aliphatic heterocycles. The van der Waals surface area contributed by atoms with E-state index in [2.05, 4.69) is 10.1 Å². The lowest BCUT2D eigenvalue weighted by Crippen LogP contribution is -2.44. The van der Waals surface area contributed by atoms with E-state index >= 15 is 0 Å². The lowest BCUT2D eigenvalue weighted by Gasteiger charge is -2.32. The van der Waals surface area contributed by atoms with Gasteiger partial charge in [-0.15, -0.1) is 0 Å². The van der Waals surface area contributed by atoms with E-state index in [1.807, 2.05) is 35.2 Å². The predicted octanol–water partition coefficient (Wildman–Crippen LogP) is 3.18. The third kappa shape index (κ3) is 4.47. The highest BCUT2D eigenvalue weighted by atomic mass is 16.5. The Morgan fingerprint density at radius 1 is 1.06 bits per heavy atom. The summed E-state index contributed by atoms with van der Waals surface area (Å²) in [6.07, 6.45) is 5.14. The molecule has 1 aromatic carbocycles. The van der Waals surface area contributed by atoms with Crippen LogP contribution in [0.25, 0.3) is 11.3 Å². The van der Waals surface area contributed by atoms with E-state index in [0.717, 1.165) is 24.2 Å². The highest BCUT2D eigenvalue weighted by Crippen LogP contribution is 2.33. The maximum Gasteiger partial charge on any atom is 0.272 e. The molecule has 8 nitrogen and oxygen atoms in total. The Kier molecular flexibility index (Phi) is 6.06. The number of ether oxygens (including phenoxy) is 3. The van der Waals surface area contributed by atoms with Crippen LogP contribution in [0.4, 0.5) is 0 Å². The van der Waals surface area contributed by atoms with Gasteiger partial charge in [0.1, 0.15) is 29.0 Å². The van der Waals surface area contributed by atoms with E-state index < -0.39 is 0 Å². The Hall–Kier alpha value is -3.55. The Bertz CT molecular complexity index is 1050. The summed E-state index contributed by atoms with van der Waals surface area (Å²) in [4.78, 5) is 19.1. The van der Waals surface area contributed by atoms with Crippen LogP contribution in [-0.2, 0) is 7.05 Å². The fourth-order valence-electron chi connectivity index (χ4n) is 3.80. The number of piperidine rings is 1. The molecular formula is C23H26N4O4. The molecule has 0 saturated carbocycles. The Balaban J connectivity index is 1.54. The molecule has 0 aliphatic carbocycles. The summed E-state index contributed by atoms with van der Waals surface area (Å²) in [7, 11) is 5.00. The summed E-state index contributed by atoms with van der Waals surface area (Å²) in [6, 6.07) is 11.0. The molecule has 1 unspecified atom stereocenters. The summed E-state index contributed by atoms with van der Waals surface area (Å²) >= 11 is 0. The first-order valence-electron chi connectivity index (χ1n) is 10.2. The van der Waals surface area contributed by atoms with Crippen molar-refractivity contribution >= 4 is 5.91 Å². The number of aryl methyl sites for hydroxylation is 1. The van der Waals surface area contributed by atoms with E-state index in [1.54, 1.807) is 44.4 Å². The molecule has 1 saturated heterocycles. The van der Waals surface area contributed by atoms with Gasteiger partial charge in [0.15, 0.2) is 0 Å². The average molecular weight is 422 g/mol. The Morgan fingerprint density at radius 3 is 2.61 bits per heavy atom. The molecule has 8 heteroatoms. The van der Waals surface area contributed by atoms with Crippen LogP contribution in [0.1, 0.15) is 23.3 Å². The molecule has 1 amide bonds. The first kappa shape index (κ1) is 20.7. The number of rotatable bonds is 6. The standard InChI is InChI=1S/C23H26N4O4/c1-26-21(14-20(25-26)19-13-17(29-2)6-7-22(19)30-3)23(28)27-12-4-5-18(15-27)31-16-8-10-24-11-9-16/h6-11,13-14,18H,4-5,12,15H2,1-3H3. The number of nitrogens with zero attached hydrogens (tertiary/aromatic N) is 4. The normalized spacial score (nSPS) is 16.1. The predicted molar refractivity (Wildman–Crippen MR) is 116 cm³/mol. The van der Waals surface area contributed by atoms with Gasteiger partial charge in [-0.2, -0.15) is 5.10 Å². The van der Waals surface area contributed by atoms with Gasteiger partial charge in [-0.05, 0) is 49.2 Å². The maximum absolute atomic E-state index is 13.3. The lowest BCUT2D eigenvalue weighted by atomic mass is 10.1.